The van der Waals surface area contributed by atoms with Crippen molar-refractivity contribution in [3.05, 3.63) is 17.7 Å². The molecule has 1 unspecified atom stereocenters. The molecule has 0 bridgehead atoms. The van der Waals surface area contributed by atoms with E-state index in [1.54, 1.807) is 0 Å². The molecule has 3 heterocycles. The van der Waals surface area contributed by atoms with Crippen molar-refractivity contribution in [2.75, 3.05) is 19.8 Å². The van der Waals surface area contributed by atoms with E-state index in [0.29, 0.717) is 12.5 Å². The summed E-state index contributed by atoms with van der Waals surface area (Å²) in [6, 6.07) is 0. The molecule has 1 fully saturated rings. The number of imidazole rings is 1. The maximum atomic E-state index is 9.32. The van der Waals surface area contributed by atoms with Gasteiger partial charge in [-0.05, 0) is 31.6 Å². The molecule has 0 saturated carbocycles. The maximum Gasteiger partial charge on any atom is 0.109 e. The van der Waals surface area contributed by atoms with Gasteiger partial charge in [-0.25, -0.2) is 4.98 Å². The Hall–Kier alpha value is -0.870. The van der Waals surface area contributed by atoms with Crippen molar-refractivity contribution < 1.29 is 9.84 Å². The monoisotopic (exact) mass is 250 g/mol. The molecule has 1 aromatic rings. The average Bonchev–Trinajstić information content (AvgIpc) is 2.82. The van der Waals surface area contributed by atoms with E-state index in [-0.39, 0.29) is 0 Å². The molecular weight excluding hydrogens is 228 g/mol. The quantitative estimate of drug-likeness (QED) is 0.882. The topological polar surface area (TPSA) is 47.3 Å². The van der Waals surface area contributed by atoms with Crippen molar-refractivity contribution in [2.45, 2.75) is 38.6 Å². The lowest BCUT2D eigenvalue weighted by molar-refractivity contribution is 0.0655. The van der Waals surface area contributed by atoms with Crippen molar-refractivity contribution in [3.8, 4) is 0 Å². The van der Waals surface area contributed by atoms with Gasteiger partial charge in [0.2, 0.25) is 0 Å². The number of aliphatic hydroxyl groups excluding tert-OH is 1. The van der Waals surface area contributed by atoms with Crippen LogP contribution in [0.2, 0.25) is 0 Å². The predicted octanol–water partition coefficient (Wildman–Crippen LogP) is 1.41. The minimum Gasteiger partial charge on any atom is -0.396 e. The highest BCUT2D eigenvalue weighted by molar-refractivity contribution is 5.09. The van der Waals surface area contributed by atoms with E-state index >= 15 is 0 Å². The smallest absolute Gasteiger partial charge is 0.109 e. The summed E-state index contributed by atoms with van der Waals surface area (Å²) in [6.07, 6.45) is 7.58. The van der Waals surface area contributed by atoms with Gasteiger partial charge in [0.05, 0.1) is 0 Å². The van der Waals surface area contributed by atoms with E-state index < -0.39 is 0 Å². The number of rotatable bonds is 3. The lowest BCUT2D eigenvalue weighted by atomic mass is 9.95. The van der Waals surface area contributed by atoms with Crippen LogP contribution < -0.4 is 0 Å². The SMILES string of the molecule is OCC1CCc2cnc(CC3CCOCC3)n2C1. The number of aliphatic hydroxyl groups is 1. The number of ether oxygens (including phenoxy) is 1. The first-order valence-electron chi connectivity index (χ1n) is 7.08. The molecule has 18 heavy (non-hydrogen) atoms. The Balaban J connectivity index is 1.71. The minimum absolute atomic E-state index is 0.300. The molecule has 4 nitrogen and oxygen atoms in total. The summed E-state index contributed by atoms with van der Waals surface area (Å²) in [5.41, 5.74) is 1.35. The first-order valence-corrected chi connectivity index (χ1v) is 7.08. The normalized spacial score (nSPS) is 25.1. The molecule has 0 aromatic carbocycles. The molecule has 2 aliphatic heterocycles. The fraction of sp³-hybridized carbons (Fsp3) is 0.786. The second-order valence-electron chi connectivity index (χ2n) is 5.62. The molecule has 1 saturated heterocycles. The molecule has 3 rings (SSSR count). The van der Waals surface area contributed by atoms with Crippen LogP contribution in [0.15, 0.2) is 6.20 Å². The van der Waals surface area contributed by atoms with Crippen molar-refractivity contribution in [1.82, 2.24) is 9.55 Å². The van der Waals surface area contributed by atoms with Gasteiger partial charge in [0.25, 0.3) is 0 Å². The third-order valence-electron chi connectivity index (χ3n) is 4.34. The Morgan fingerprint density at radius 2 is 2.11 bits per heavy atom. The molecule has 1 atom stereocenters. The fourth-order valence-electron chi connectivity index (χ4n) is 3.10. The fourth-order valence-corrected chi connectivity index (χ4v) is 3.10. The summed E-state index contributed by atoms with van der Waals surface area (Å²) >= 11 is 0. The molecule has 100 valence electrons. The number of fused-ring (bicyclic) bond motifs is 1. The number of aromatic nitrogens is 2. The minimum atomic E-state index is 0.300. The third kappa shape index (κ3) is 2.45. The highest BCUT2D eigenvalue weighted by Crippen LogP contribution is 2.25. The zero-order chi connectivity index (χ0) is 12.4. The molecule has 4 heteroatoms. The zero-order valence-corrected chi connectivity index (χ0v) is 10.8. The van der Waals surface area contributed by atoms with Gasteiger partial charge < -0.3 is 14.4 Å². The predicted molar refractivity (Wildman–Crippen MR) is 68.4 cm³/mol. The Bertz CT molecular complexity index is 396. The number of hydrogen-bond donors (Lipinski definition) is 1. The second kappa shape index (κ2) is 5.41. The van der Waals surface area contributed by atoms with E-state index in [0.717, 1.165) is 57.8 Å². The van der Waals surface area contributed by atoms with Crippen LogP contribution >= 0.6 is 0 Å². The van der Waals surface area contributed by atoms with E-state index in [1.165, 1.54) is 11.5 Å². The molecule has 2 aliphatic rings. The molecule has 0 amide bonds. The first kappa shape index (κ1) is 12.2. The van der Waals surface area contributed by atoms with Crippen molar-refractivity contribution in [2.24, 2.45) is 11.8 Å². The molecular formula is C14H22N2O2. The van der Waals surface area contributed by atoms with Crippen molar-refractivity contribution >= 4 is 0 Å². The maximum absolute atomic E-state index is 9.32. The number of nitrogens with zero attached hydrogens (tertiary/aromatic N) is 2. The number of aryl methyl sites for hydroxylation is 1. The van der Waals surface area contributed by atoms with Gasteiger partial charge in [0.1, 0.15) is 5.82 Å². The highest BCUT2D eigenvalue weighted by Gasteiger charge is 2.23. The summed E-state index contributed by atoms with van der Waals surface area (Å²) in [4.78, 5) is 4.60. The largest absolute Gasteiger partial charge is 0.396 e. The molecule has 1 aromatic heterocycles. The van der Waals surface area contributed by atoms with Gasteiger partial charge in [0, 0.05) is 50.6 Å². The zero-order valence-electron chi connectivity index (χ0n) is 10.8. The molecule has 0 aliphatic carbocycles. The van der Waals surface area contributed by atoms with Crippen LogP contribution in [0.3, 0.4) is 0 Å². The van der Waals surface area contributed by atoms with Crippen LogP contribution in [0.5, 0.6) is 0 Å². The second-order valence-corrected chi connectivity index (χ2v) is 5.62. The summed E-state index contributed by atoms with van der Waals surface area (Å²) in [7, 11) is 0. The Morgan fingerprint density at radius 1 is 1.28 bits per heavy atom. The summed E-state index contributed by atoms with van der Waals surface area (Å²) in [6.45, 7) is 3.05. The van der Waals surface area contributed by atoms with Gasteiger partial charge in [-0.1, -0.05) is 0 Å². The summed E-state index contributed by atoms with van der Waals surface area (Å²) in [5.74, 6) is 2.36. The Labute approximate surface area is 108 Å². The van der Waals surface area contributed by atoms with Crippen LogP contribution in [0.25, 0.3) is 0 Å². The van der Waals surface area contributed by atoms with Gasteiger partial charge in [0.15, 0.2) is 0 Å². The highest BCUT2D eigenvalue weighted by atomic mass is 16.5. The van der Waals surface area contributed by atoms with Crippen LogP contribution in [0.1, 0.15) is 30.8 Å². The van der Waals surface area contributed by atoms with Crippen molar-refractivity contribution in [1.29, 1.82) is 0 Å². The summed E-state index contributed by atoms with van der Waals surface area (Å²) < 4.78 is 7.75. The lowest BCUT2D eigenvalue weighted by Crippen LogP contribution is -2.25. The standard InChI is InChI=1S/C14H22N2O2/c17-10-12-1-2-13-8-15-14(16(13)9-12)7-11-3-5-18-6-4-11/h8,11-12,17H,1-7,9-10H2. The van der Waals surface area contributed by atoms with Crippen LogP contribution in [0, 0.1) is 11.8 Å². The van der Waals surface area contributed by atoms with Gasteiger partial charge >= 0.3 is 0 Å². The summed E-state index contributed by atoms with van der Waals surface area (Å²) in [5, 5.41) is 9.32. The van der Waals surface area contributed by atoms with Crippen LogP contribution in [0.4, 0.5) is 0 Å². The van der Waals surface area contributed by atoms with Gasteiger partial charge in [-0.2, -0.15) is 0 Å². The first-order chi connectivity index (χ1) is 8.86. The van der Waals surface area contributed by atoms with E-state index in [9.17, 15) is 5.11 Å². The Kier molecular flexibility index (Phi) is 3.66. The van der Waals surface area contributed by atoms with Crippen LogP contribution in [-0.2, 0) is 24.1 Å². The van der Waals surface area contributed by atoms with E-state index in [1.807, 2.05) is 6.20 Å². The molecule has 0 spiro atoms. The Morgan fingerprint density at radius 3 is 2.89 bits per heavy atom. The molecule has 0 radical (unpaired) electrons. The number of hydrogen-bond acceptors (Lipinski definition) is 3. The van der Waals surface area contributed by atoms with E-state index in [4.69, 9.17) is 4.74 Å². The van der Waals surface area contributed by atoms with Crippen LogP contribution in [-0.4, -0.2) is 34.5 Å². The van der Waals surface area contributed by atoms with Gasteiger partial charge in [-0.15, -0.1) is 0 Å². The van der Waals surface area contributed by atoms with Gasteiger partial charge in [-0.3, -0.25) is 0 Å². The van der Waals surface area contributed by atoms with Crippen molar-refractivity contribution in [3.63, 3.8) is 0 Å². The third-order valence-corrected chi connectivity index (χ3v) is 4.34. The molecule has 1 N–H and O–H groups in total. The lowest BCUT2D eigenvalue weighted by Gasteiger charge is -2.26. The average molecular weight is 250 g/mol. The van der Waals surface area contributed by atoms with E-state index in [2.05, 4.69) is 9.55 Å².